The minimum atomic E-state index is -3.00. The zero-order chi connectivity index (χ0) is 22.2. The molecule has 31 heavy (non-hydrogen) atoms. The molecule has 0 bridgehead atoms. The number of pyridine rings is 1. The third-order valence-electron chi connectivity index (χ3n) is 5.51. The predicted octanol–water partition coefficient (Wildman–Crippen LogP) is 3.04. The van der Waals surface area contributed by atoms with Crippen molar-refractivity contribution in [1.29, 1.82) is 0 Å². The summed E-state index contributed by atoms with van der Waals surface area (Å²) in [6.07, 6.45) is 0.567. The van der Waals surface area contributed by atoms with Crippen molar-refractivity contribution in [2.75, 3.05) is 18.1 Å². The van der Waals surface area contributed by atoms with E-state index in [2.05, 4.69) is 10.2 Å². The summed E-state index contributed by atoms with van der Waals surface area (Å²) in [7, 11) is -1.16. The van der Waals surface area contributed by atoms with Crippen molar-refractivity contribution in [2.45, 2.75) is 37.1 Å². The number of para-hydroxylation sites is 1. The lowest BCUT2D eigenvalue weighted by molar-refractivity contribution is 0.0524. The second kappa shape index (κ2) is 8.58. The van der Waals surface area contributed by atoms with E-state index in [1.807, 2.05) is 42.8 Å². The Morgan fingerprint density at radius 2 is 2.06 bits per heavy atom. The van der Waals surface area contributed by atoms with Gasteiger partial charge in [-0.2, -0.15) is 0 Å². The average molecular weight is 461 g/mol. The van der Waals surface area contributed by atoms with E-state index in [0.29, 0.717) is 34.4 Å². The molecular formula is C21H24N4O4S2. The number of benzene rings is 1. The highest BCUT2D eigenvalue weighted by molar-refractivity contribution is 7.98. The molecule has 0 saturated carbocycles. The Labute approximate surface area is 185 Å². The van der Waals surface area contributed by atoms with Gasteiger partial charge >= 0.3 is 5.97 Å². The Balaban J connectivity index is 1.63. The van der Waals surface area contributed by atoms with E-state index in [1.165, 1.54) is 11.8 Å². The molecule has 0 N–H and O–H groups in total. The summed E-state index contributed by atoms with van der Waals surface area (Å²) in [4.78, 5) is 17.4. The lowest BCUT2D eigenvalue weighted by Crippen LogP contribution is -2.12. The maximum atomic E-state index is 12.7. The first-order chi connectivity index (χ1) is 14.8. The molecule has 3 aromatic rings. The van der Waals surface area contributed by atoms with Crippen LogP contribution in [0, 0.1) is 6.92 Å². The van der Waals surface area contributed by atoms with Crippen LogP contribution in [0.25, 0.3) is 10.9 Å². The van der Waals surface area contributed by atoms with E-state index >= 15 is 0 Å². The third kappa shape index (κ3) is 4.31. The van der Waals surface area contributed by atoms with E-state index in [4.69, 9.17) is 9.72 Å². The maximum Gasteiger partial charge on any atom is 0.340 e. The topological polar surface area (TPSA) is 104 Å². The zero-order valence-electron chi connectivity index (χ0n) is 17.7. The molecule has 0 aliphatic carbocycles. The molecule has 0 amide bonds. The van der Waals surface area contributed by atoms with E-state index < -0.39 is 9.84 Å². The van der Waals surface area contributed by atoms with Gasteiger partial charge in [0.25, 0.3) is 0 Å². The first kappa shape index (κ1) is 21.8. The van der Waals surface area contributed by atoms with Crippen LogP contribution < -0.4 is 0 Å². The van der Waals surface area contributed by atoms with E-state index in [9.17, 15) is 13.2 Å². The van der Waals surface area contributed by atoms with Gasteiger partial charge in [0.15, 0.2) is 15.0 Å². The van der Waals surface area contributed by atoms with Crippen LogP contribution in [0.4, 0.5) is 0 Å². The smallest absolute Gasteiger partial charge is 0.340 e. The Morgan fingerprint density at radius 1 is 1.29 bits per heavy atom. The summed E-state index contributed by atoms with van der Waals surface area (Å²) in [6, 6.07) is 7.71. The number of nitrogens with zero attached hydrogens (tertiary/aromatic N) is 4. The van der Waals surface area contributed by atoms with Crippen LogP contribution >= 0.6 is 11.8 Å². The molecule has 1 atom stereocenters. The van der Waals surface area contributed by atoms with Crippen molar-refractivity contribution in [3.8, 4) is 0 Å². The molecule has 0 radical (unpaired) electrons. The molecule has 1 fully saturated rings. The van der Waals surface area contributed by atoms with E-state index in [-0.39, 0.29) is 30.0 Å². The van der Waals surface area contributed by atoms with Crippen molar-refractivity contribution in [3.63, 3.8) is 0 Å². The number of carbonyl (C=O) groups excluding carboxylic acids is 1. The maximum absolute atomic E-state index is 12.7. The van der Waals surface area contributed by atoms with Gasteiger partial charge in [-0.05, 0) is 31.9 Å². The van der Waals surface area contributed by atoms with Gasteiger partial charge in [-0.1, -0.05) is 30.0 Å². The minimum Gasteiger partial charge on any atom is -0.462 e. The number of rotatable bonds is 6. The van der Waals surface area contributed by atoms with Crippen LogP contribution in [0.15, 0.2) is 29.4 Å². The van der Waals surface area contributed by atoms with Gasteiger partial charge in [-0.25, -0.2) is 13.2 Å². The van der Waals surface area contributed by atoms with Crippen LogP contribution in [0.5, 0.6) is 0 Å². The summed E-state index contributed by atoms with van der Waals surface area (Å²) in [5.74, 6) is 0.876. The molecule has 10 heteroatoms. The van der Waals surface area contributed by atoms with Crippen LogP contribution in [0.1, 0.15) is 46.7 Å². The van der Waals surface area contributed by atoms with Crippen molar-refractivity contribution < 1.29 is 17.9 Å². The van der Waals surface area contributed by atoms with Gasteiger partial charge in [0.1, 0.15) is 5.82 Å². The standard InChI is InChI=1S/C21H24N4O4S2/c1-4-29-20(26)18-13(2)15-7-5-6-8-16(15)22-17(18)11-30-21-24-23-19(25(21)3)14-9-10-31(27,28)12-14/h5-8,14H,4,9-12H2,1-3H3. The lowest BCUT2D eigenvalue weighted by atomic mass is 10.0. The Hall–Kier alpha value is -2.46. The highest BCUT2D eigenvalue weighted by Crippen LogP contribution is 2.32. The fourth-order valence-electron chi connectivity index (χ4n) is 3.96. The first-order valence-electron chi connectivity index (χ1n) is 10.1. The minimum absolute atomic E-state index is 0.113. The largest absolute Gasteiger partial charge is 0.462 e. The van der Waals surface area contributed by atoms with Crippen molar-refractivity contribution in [2.24, 2.45) is 7.05 Å². The normalized spacial score (nSPS) is 17.8. The number of fused-ring (bicyclic) bond motifs is 1. The van der Waals surface area contributed by atoms with Crippen molar-refractivity contribution in [3.05, 3.63) is 46.9 Å². The van der Waals surface area contributed by atoms with Crippen LogP contribution in [-0.4, -0.2) is 52.2 Å². The molecule has 0 spiro atoms. The molecule has 164 valence electrons. The number of hydrogen-bond donors (Lipinski definition) is 0. The monoisotopic (exact) mass is 460 g/mol. The van der Waals surface area contributed by atoms with Gasteiger partial charge in [0, 0.05) is 24.1 Å². The summed E-state index contributed by atoms with van der Waals surface area (Å²) < 4.78 is 30.8. The summed E-state index contributed by atoms with van der Waals surface area (Å²) in [6.45, 7) is 3.97. The second-order valence-electron chi connectivity index (χ2n) is 7.58. The van der Waals surface area contributed by atoms with Crippen LogP contribution in [0.3, 0.4) is 0 Å². The quantitative estimate of drug-likeness (QED) is 0.408. The average Bonchev–Trinajstić information content (AvgIpc) is 3.28. The van der Waals surface area contributed by atoms with Gasteiger partial charge < -0.3 is 9.30 Å². The highest BCUT2D eigenvalue weighted by atomic mass is 32.2. The van der Waals surface area contributed by atoms with Crippen molar-refractivity contribution in [1.82, 2.24) is 19.7 Å². The lowest BCUT2D eigenvalue weighted by Gasteiger charge is -2.14. The first-order valence-corrected chi connectivity index (χ1v) is 12.9. The SMILES string of the molecule is CCOC(=O)c1c(CSc2nnc(C3CCS(=O)(=O)C3)n2C)nc2ccccc2c1C. The van der Waals surface area contributed by atoms with Gasteiger partial charge in [0.2, 0.25) is 0 Å². The van der Waals surface area contributed by atoms with Gasteiger partial charge in [-0.3, -0.25) is 4.98 Å². The summed E-state index contributed by atoms with van der Waals surface area (Å²) in [5.41, 5.74) is 2.78. The predicted molar refractivity (Wildman–Crippen MR) is 119 cm³/mol. The van der Waals surface area contributed by atoms with Crippen LogP contribution in [-0.2, 0) is 27.4 Å². The number of sulfone groups is 1. The number of hydrogen-bond acceptors (Lipinski definition) is 8. The van der Waals surface area contributed by atoms with Gasteiger partial charge in [0.05, 0.1) is 34.9 Å². The number of esters is 1. The molecule has 1 aromatic carbocycles. The Bertz CT molecular complexity index is 1250. The molecule has 1 saturated heterocycles. The molecule has 3 heterocycles. The molecule has 2 aromatic heterocycles. The Morgan fingerprint density at radius 3 is 2.77 bits per heavy atom. The van der Waals surface area contributed by atoms with E-state index in [0.717, 1.165) is 16.5 Å². The molecule has 1 aliphatic rings. The molecule has 1 aliphatic heterocycles. The van der Waals surface area contributed by atoms with E-state index in [1.54, 1.807) is 6.92 Å². The zero-order valence-corrected chi connectivity index (χ0v) is 19.3. The highest BCUT2D eigenvalue weighted by Gasteiger charge is 2.32. The number of thioether (sulfide) groups is 1. The number of carbonyl (C=O) groups is 1. The number of aromatic nitrogens is 4. The summed E-state index contributed by atoms with van der Waals surface area (Å²) >= 11 is 1.42. The molecular weight excluding hydrogens is 436 g/mol. The summed E-state index contributed by atoms with van der Waals surface area (Å²) in [5, 5.41) is 10.1. The van der Waals surface area contributed by atoms with Gasteiger partial charge in [-0.15, -0.1) is 10.2 Å². The fourth-order valence-corrected chi connectivity index (χ4v) is 6.56. The number of aryl methyl sites for hydroxylation is 1. The van der Waals surface area contributed by atoms with Crippen molar-refractivity contribution >= 4 is 38.5 Å². The molecule has 8 nitrogen and oxygen atoms in total. The Kier molecular flexibility index (Phi) is 6.02. The fraction of sp³-hybridized carbons (Fsp3) is 0.429. The molecule has 1 unspecified atom stereocenters. The van der Waals surface area contributed by atoms with Crippen LogP contribution in [0.2, 0.25) is 0 Å². The third-order valence-corrected chi connectivity index (χ3v) is 8.31. The molecule has 4 rings (SSSR count). The second-order valence-corrected chi connectivity index (χ2v) is 10.8. The number of ether oxygens (including phenoxy) is 1.